The van der Waals surface area contributed by atoms with E-state index in [1.165, 1.54) is 75.0 Å². The van der Waals surface area contributed by atoms with Gasteiger partial charge < -0.3 is 116 Å². The Kier molecular flexibility index (Phi) is 1600. The van der Waals surface area contributed by atoms with E-state index in [9.17, 15) is 0 Å². The fourth-order valence-corrected chi connectivity index (χ4v) is 0.433. The first-order valence-electron chi connectivity index (χ1n) is 23.1. The zero-order chi connectivity index (χ0) is 66.6. The molecule has 0 unspecified atom stereocenters. The van der Waals surface area contributed by atoms with Gasteiger partial charge in [-0.25, -0.2) is 0 Å². The lowest BCUT2D eigenvalue weighted by molar-refractivity contribution is -0.0987. The van der Waals surface area contributed by atoms with Crippen LogP contribution >= 0.6 is 0 Å². The van der Waals surface area contributed by atoms with Crippen molar-refractivity contribution in [1.82, 2.24) is 18.5 Å². The highest BCUT2D eigenvalue weighted by molar-refractivity contribution is 5.12. The molecule has 0 aromatic carbocycles. The van der Waals surface area contributed by atoms with Gasteiger partial charge in [0.2, 0.25) is 0 Å². The minimum atomic E-state index is -0.167. The molecule has 22 nitrogen and oxygen atoms in total. The fraction of sp³-hybridized carbons (Fsp3) is 0.808. The quantitative estimate of drug-likeness (QED) is 0.122. The fourth-order valence-electron chi connectivity index (χ4n) is 0.433. The molecule has 0 aromatic rings. The molecule has 22 heteroatoms. The third kappa shape index (κ3) is 4560. The average Bonchev–Trinajstić information content (AvgIpc) is 3.47. The Labute approximate surface area is 466 Å². The summed E-state index contributed by atoms with van der Waals surface area (Å²) in [5.74, 6) is 3.54. The second kappa shape index (κ2) is 597. The lowest BCUT2D eigenvalue weighted by Crippen LogP contribution is -2.18. The van der Waals surface area contributed by atoms with Gasteiger partial charge in [0, 0.05) is 12.7 Å². The van der Waals surface area contributed by atoms with Gasteiger partial charge in [-0.3, -0.25) is 0 Å². The number of aliphatic hydroxyl groups is 1. The molecule has 0 saturated heterocycles. The van der Waals surface area contributed by atoms with Gasteiger partial charge in [0.05, 0.1) is 5.60 Å². The maximum Gasteiger partial charge on any atom is 0.106 e. The Morgan fingerprint density at radius 3 is 0.365 bits per heavy atom. The predicted molar refractivity (Wildman–Crippen MR) is 340 cm³/mol. The molecule has 0 atom stereocenters. The van der Waals surface area contributed by atoms with Gasteiger partial charge in [-0.1, -0.05) is 150 Å². The molecule has 0 spiro atoms. The van der Waals surface area contributed by atoms with Gasteiger partial charge in [-0.2, -0.15) is 0 Å². The first-order valence-corrected chi connectivity index (χ1v) is 23.1. The van der Waals surface area contributed by atoms with E-state index in [2.05, 4.69) is 144 Å². The van der Waals surface area contributed by atoms with Gasteiger partial charge in [0.1, 0.15) is 67.9 Å². The smallest absolute Gasteiger partial charge is 0.106 e. The molecule has 0 aromatic heterocycles. The van der Waals surface area contributed by atoms with Crippen molar-refractivity contribution in [2.24, 2.45) is 63.8 Å². The van der Waals surface area contributed by atoms with Crippen LogP contribution in [0.5, 0.6) is 0 Å². The van der Waals surface area contributed by atoms with Crippen molar-refractivity contribution in [2.75, 3.05) is 55.9 Å². The molecule has 0 amide bonds. The van der Waals surface area contributed by atoms with E-state index in [1.54, 1.807) is 13.8 Å². The van der Waals surface area contributed by atoms with Crippen LogP contribution in [0.3, 0.4) is 0 Å². The molecule has 0 aliphatic rings. The summed E-state index contributed by atoms with van der Waals surface area (Å²) in [5, 5.41) is 8.06. The molecular weight excluding hydrogens is 957 g/mol. The van der Waals surface area contributed by atoms with Crippen molar-refractivity contribution in [3.05, 3.63) is 0 Å². The van der Waals surface area contributed by atoms with Crippen LogP contribution < -0.4 is 58.6 Å². The number of ether oxygens (including phenoxy) is 1. The normalized spacial score (nSPS) is 5.57. The number of nitrogens with two attached hydrogens (primary N) is 7. The highest BCUT2D eigenvalue weighted by Crippen LogP contribution is 2.04. The van der Waals surface area contributed by atoms with Crippen LogP contribution in [0.4, 0.5) is 0 Å². The van der Waals surface area contributed by atoms with Gasteiger partial charge in [-0.15, -0.1) is 0 Å². The second-order valence-corrected chi connectivity index (χ2v) is 10.8. The third-order valence-corrected chi connectivity index (χ3v) is 3.84. The average molecular weight is 1110 g/mol. The van der Waals surface area contributed by atoms with E-state index in [0.29, 0.717) is 0 Å². The molecule has 0 saturated carbocycles. The van der Waals surface area contributed by atoms with Gasteiger partial charge in [0.15, 0.2) is 0 Å². The zero-order valence-corrected chi connectivity index (χ0v) is 56.1. The van der Waals surface area contributed by atoms with E-state index in [4.69, 9.17) is 57.8 Å². The minimum absolute atomic E-state index is 0. The molecule has 0 bridgehead atoms. The molecule has 0 aliphatic carbocycles. The van der Waals surface area contributed by atoms with E-state index >= 15 is 0 Å². The molecule has 0 rings (SSSR count). The molecule has 0 radical (unpaired) electrons. The van der Waals surface area contributed by atoms with Crippen LogP contribution in [-0.4, -0.2) is 141 Å². The van der Waals surface area contributed by atoms with Crippen LogP contribution in [-0.2, 0) is 52.7 Å². The van der Waals surface area contributed by atoms with Gasteiger partial charge in [0.25, 0.3) is 0 Å². The van der Waals surface area contributed by atoms with Crippen molar-refractivity contribution >= 4 is 67.9 Å². The molecule has 0 heterocycles. The number of rotatable bonds is 5. The number of carbonyl (C=O) groups excluding carboxylic acids is 10. The van der Waals surface area contributed by atoms with Crippen molar-refractivity contribution < 1.29 is 57.8 Å². The number of aliphatic hydroxyl groups excluding tert-OH is 1. The number of carbonyl (C=O) groups is 10. The van der Waals surface area contributed by atoms with Gasteiger partial charge >= 0.3 is 0 Å². The Bertz CT molecular complexity index is 385. The molecule has 24 N–H and O–H groups in total. The van der Waals surface area contributed by atoms with Crippen LogP contribution in [0.25, 0.3) is 0 Å². The van der Waals surface area contributed by atoms with Crippen LogP contribution in [0.2, 0.25) is 0 Å². The zero-order valence-electron chi connectivity index (χ0n) is 56.1. The van der Waals surface area contributed by atoms with Crippen LogP contribution in [0.15, 0.2) is 0 Å². The standard InChI is InChI=1S/C6H14O.4C5H12.C3H8O.3C2H6.7CH5N.10CH2O.3H3N/c1-5-7-6(2,3)4;4*1-4-5(2)3;1-3(2)4;20*1-2;;;/h5H2,1-4H3;4*5H,4H2,1-3H3;3-4H,1-2H3;3*1-2H3;7*2H2,1H3;10*1H2;3*1H3. The predicted octanol–water partition coefficient (Wildman–Crippen LogP) is 9.16. The Balaban J connectivity index is -0.0000000107. The number of hydrogen-bond donors (Lipinski definition) is 11. The first-order chi connectivity index (χ1) is 33.9. The summed E-state index contributed by atoms with van der Waals surface area (Å²) in [5.41, 5.74) is 31.6. The van der Waals surface area contributed by atoms with E-state index in [-0.39, 0.29) is 30.2 Å². The van der Waals surface area contributed by atoms with Crippen molar-refractivity contribution in [2.45, 2.75) is 204 Å². The summed E-state index contributed by atoms with van der Waals surface area (Å²) in [7, 11) is 10.5. The summed E-state index contributed by atoms with van der Waals surface area (Å²) in [6.07, 6.45) is 5.06. The maximum absolute atomic E-state index is 8.06. The van der Waals surface area contributed by atoms with Crippen molar-refractivity contribution in [3.63, 3.8) is 0 Å². The Morgan fingerprint density at radius 2 is 0.365 bits per heavy atom. The third-order valence-electron chi connectivity index (χ3n) is 3.84. The van der Waals surface area contributed by atoms with E-state index in [1.807, 2.05) is 116 Å². The minimum Gasteiger partial charge on any atom is -0.394 e. The molecule has 482 valence electrons. The summed E-state index contributed by atoms with van der Waals surface area (Å²) < 4.78 is 5.23. The lowest BCUT2D eigenvalue weighted by Gasteiger charge is -2.17. The van der Waals surface area contributed by atoms with E-state index < -0.39 is 0 Å². The summed E-state index contributed by atoms with van der Waals surface area (Å²) in [4.78, 5) is 80.0. The summed E-state index contributed by atoms with van der Waals surface area (Å²) in [6.45, 7) is 71.0. The largest absolute Gasteiger partial charge is 0.394 e. The molecule has 74 heavy (non-hydrogen) atoms. The number of hydrogen-bond acceptors (Lipinski definition) is 22. The second-order valence-electron chi connectivity index (χ2n) is 10.8. The molecule has 0 aliphatic heterocycles. The topological polar surface area (TPSA) is 487 Å². The highest BCUT2D eigenvalue weighted by Gasteiger charge is 2.06. The monoisotopic (exact) mass is 1110 g/mol. The van der Waals surface area contributed by atoms with Gasteiger partial charge in [-0.05, 0) is 115 Å². The SMILES string of the molecule is C=O.C=O.C=O.C=O.C=O.C=O.C=O.C=O.C=O.C=O.CC.CC.CC.CC(C)O.CCC(C)C.CCC(C)C.CCC(C)C.CCC(C)C.CCOC(C)(C)C.CN.CN.CN.CN.CN.CN.CN.N.N.N. The maximum atomic E-state index is 8.06. The first kappa shape index (κ1) is 198. The van der Waals surface area contributed by atoms with Crippen molar-refractivity contribution in [1.29, 1.82) is 0 Å². The summed E-state index contributed by atoms with van der Waals surface area (Å²) in [6, 6.07) is 0. The highest BCUT2D eigenvalue weighted by atomic mass is 16.5. The van der Waals surface area contributed by atoms with Crippen LogP contribution in [0, 0.1) is 23.7 Å². The van der Waals surface area contributed by atoms with Crippen LogP contribution in [0.1, 0.15) is 192 Å². The molecule has 0 fully saturated rings. The summed E-state index contributed by atoms with van der Waals surface area (Å²) >= 11 is 0. The van der Waals surface area contributed by atoms with E-state index in [0.717, 1.165) is 30.3 Å². The Morgan fingerprint density at radius 1 is 0.311 bits per heavy atom. The lowest BCUT2D eigenvalue weighted by atomic mass is 10.2. The van der Waals surface area contributed by atoms with Crippen molar-refractivity contribution in [3.8, 4) is 0 Å². The molecular formula is C52H152N10O12. The Hall–Kier alpha value is -3.78.